The van der Waals surface area contributed by atoms with E-state index in [2.05, 4.69) is 112 Å². The number of nitrogens with zero attached hydrogens (tertiary/aromatic N) is 2. The Labute approximate surface area is 252 Å². The first-order valence-electron chi connectivity index (χ1n) is 15.4. The van der Waals surface area contributed by atoms with Crippen LogP contribution in [-0.4, -0.2) is 20.6 Å². The van der Waals surface area contributed by atoms with E-state index in [0.717, 1.165) is 60.9 Å². The number of fused-ring (bicyclic) bond motifs is 1. The summed E-state index contributed by atoms with van der Waals surface area (Å²) < 4.78 is 2.30. The second-order valence-electron chi connectivity index (χ2n) is 10.4. The zero-order valence-corrected chi connectivity index (χ0v) is 25.9. The topological polar surface area (TPSA) is 55.1 Å². The molecule has 0 amide bonds. The molecule has 4 heteroatoms. The van der Waals surface area contributed by atoms with Crippen LogP contribution in [0.2, 0.25) is 0 Å². The predicted molar refractivity (Wildman–Crippen MR) is 177 cm³/mol. The van der Waals surface area contributed by atoms with Crippen LogP contribution < -0.4 is 0 Å². The Hall–Kier alpha value is -4.18. The highest BCUT2D eigenvalue weighted by atomic mass is 16.4. The molecule has 0 aliphatic carbocycles. The first-order chi connectivity index (χ1) is 20.4. The lowest BCUT2D eigenvalue weighted by atomic mass is 10.1. The molecule has 220 valence electrons. The summed E-state index contributed by atoms with van der Waals surface area (Å²) in [4.78, 5) is 16.2. The van der Waals surface area contributed by atoms with Crippen molar-refractivity contribution < 1.29 is 9.90 Å². The largest absolute Gasteiger partial charge is 0.478 e. The third-order valence-corrected chi connectivity index (χ3v) is 7.49. The maximum atomic E-state index is 11.3. The Morgan fingerprint density at radius 2 is 1.29 bits per heavy atom. The van der Waals surface area contributed by atoms with Crippen LogP contribution in [-0.2, 0) is 19.3 Å². The van der Waals surface area contributed by atoms with E-state index >= 15 is 0 Å². The highest BCUT2D eigenvalue weighted by molar-refractivity contribution is 5.93. The van der Waals surface area contributed by atoms with Gasteiger partial charge in [0.1, 0.15) is 5.82 Å². The average molecular weight is 563 g/mol. The number of rotatable bonds is 9. The number of imidazole rings is 1. The number of carbonyl (C=O) groups is 1. The standard InChI is InChI=1S/C22H26N2O2.2C8H10/c1-4-8-18(6-3)24-20-12-11-17(22(25)26)14-19(20)23-21(24)16-10-7-9-15(5-2)13-16;2*1-2-8-6-4-3-5-7-8/h7,9-14,18H,4-6,8H2,1-3H3,(H,25,26);2*3-7H,2H2,1H3. The lowest BCUT2D eigenvalue weighted by Crippen LogP contribution is -2.09. The van der Waals surface area contributed by atoms with Crippen molar-refractivity contribution in [3.8, 4) is 11.4 Å². The molecule has 1 aromatic heterocycles. The first-order valence-corrected chi connectivity index (χ1v) is 15.4. The van der Waals surface area contributed by atoms with Crippen LogP contribution in [0, 0.1) is 0 Å². The summed E-state index contributed by atoms with van der Waals surface area (Å²) >= 11 is 0. The Morgan fingerprint density at radius 3 is 1.76 bits per heavy atom. The molecule has 0 radical (unpaired) electrons. The number of carboxylic acid groups (broad SMARTS) is 1. The summed E-state index contributed by atoms with van der Waals surface area (Å²) in [5, 5.41) is 9.31. The molecule has 1 N–H and O–H groups in total. The molecule has 1 heterocycles. The van der Waals surface area contributed by atoms with Gasteiger partial charge >= 0.3 is 5.97 Å². The normalized spacial score (nSPS) is 11.2. The van der Waals surface area contributed by atoms with Gasteiger partial charge in [-0.25, -0.2) is 9.78 Å². The summed E-state index contributed by atoms with van der Waals surface area (Å²) in [6, 6.07) is 35.0. The summed E-state index contributed by atoms with van der Waals surface area (Å²) in [5.41, 5.74) is 7.21. The van der Waals surface area contributed by atoms with Crippen LogP contribution >= 0.6 is 0 Å². The van der Waals surface area contributed by atoms with Gasteiger partial charge in [0.2, 0.25) is 0 Å². The maximum absolute atomic E-state index is 11.3. The zero-order chi connectivity index (χ0) is 30.3. The summed E-state index contributed by atoms with van der Waals surface area (Å²) in [5.74, 6) is 0.00900. The van der Waals surface area contributed by atoms with Crippen LogP contribution in [0.5, 0.6) is 0 Å². The number of benzene rings is 4. The number of hydrogen-bond donors (Lipinski definition) is 1. The van der Waals surface area contributed by atoms with Crippen molar-refractivity contribution in [1.82, 2.24) is 9.55 Å². The fraction of sp³-hybridized carbons (Fsp3) is 0.316. The molecule has 0 bridgehead atoms. The van der Waals surface area contributed by atoms with Crippen LogP contribution in [0.25, 0.3) is 22.4 Å². The van der Waals surface area contributed by atoms with E-state index < -0.39 is 5.97 Å². The van der Waals surface area contributed by atoms with Crippen molar-refractivity contribution >= 4 is 17.0 Å². The van der Waals surface area contributed by atoms with Crippen molar-refractivity contribution in [3.63, 3.8) is 0 Å². The van der Waals surface area contributed by atoms with Gasteiger partial charge < -0.3 is 9.67 Å². The van der Waals surface area contributed by atoms with Crippen molar-refractivity contribution in [2.75, 3.05) is 0 Å². The monoisotopic (exact) mass is 562 g/mol. The van der Waals surface area contributed by atoms with Crippen molar-refractivity contribution in [2.24, 2.45) is 0 Å². The SMILES string of the molecule is CCCC(CC)n1c(-c2cccc(CC)c2)nc2cc(C(=O)O)ccc21.CCc1ccccc1.CCc1ccccc1. The molecule has 0 fully saturated rings. The number of aromatic carboxylic acids is 1. The molecular weight excluding hydrogens is 516 g/mol. The van der Waals surface area contributed by atoms with E-state index in [1.54, 1.807) is 12.1 Å². The summed E-state index contributed by atoms with van der Waals surface area (Å²) in [6.45, 7) is 10.9. The molecule has 1 unspecified atom stereocenters. The third-order valence-electron chi connectivity index (χ3n) is 7.49. The van der Waals surface area contributed by atoms with Crippen LogP contribution in [0.4, 0.5) is 0 Å². The Morgan fingerprint density at radius 1 is 0.714 bits per heavy atom. The van der Waals surface area contributed by atoms with Gasteiger partial charge in [0.05, 0.1) is 16.6 Å². The fourth-order valence-corrected chi connectivity index (χ4v) is 5.01. The second-order valence-corrected chi connectivity index (χ2v) is 10.4. The molecule has 4 nitrogen and oxygen atoms in total. The van der Waals surface area contributed by atoms with Gasteiger partial charge in [0, 0.05) is 11.6 Å². The highest BCUT2D eigenvalue weighted by Crippen LogP contribution is 2.33. The molecule has 4 aromatic carbocycles. The van der Waals surface area contributed by atoms with Gasteiger partial charge in [-0.3, -0.25) is 0 Å². The van der Waals surface area contributed by atoms with Crippen LogP contribution in [0.3, 0.4) is 0 Å². The molecule has 1 atom stereocenters. The number of aromatic nitrogens is 2. The maximum Gasteiger partial charge on any atom is 0.335 e. The van der Waals surface area contributed by atoms with Gasteiger partial charge in [0.25, 0.3) is 0 Å². The van der Waals surface area contributed by atoms with E-state index in [1.165, 1.54) is 16.7 Å². The molecule has 5 aromatic rings. The quantitative estimate of drug-likeness (QED) is 0.194. The van der Waals surface area contributed by atoms with Gasteiger partial charge in [-0.05, 0) is 73.1 Å². The lowest BCUT2D eigenvalue weighted by molar-refractivity contribution is 0.0697. The Balaban J connectivity index is 0.000000244. The summed E-state index contributed by atoms with van der Waals surface area (Å²) in [6.07, 6.45) is 6.44. The second kappa shape index (κ2) is 16.9. The highest BCUT2D eigenvalue weighted by Gasteiger charge is 2.20. The van der Waals surface area contributed by atoms with Crippen molar-refractivity contribution in [3.05, 3.63) is 125 Å². The third kappa shape index (κ3) is 8.91. The fourth-order valence-electron chi connectivity index (χ4n) is 5.01. The number of carboxylic acids is 1. The average Bonchev–Trinajstić information content (AvgIpc) is 3.43. The number of aryl methyl sites for hydroxylation is 3. The number of hydrogen-bond acceptors (Lipinski definition) is 2. The minimum Gasteiger partial charge on any atom is -0.478 e. The van der Waals surface area contributed by atoms with Crippen molar-refractivity contribution in [1.29, 1.82) is 0 Å². The molecule has 0 aliphatic heterocycles. The lowest BCUT2D eigenvalue weighted by Gasteiger charge is -2.20. The molecule has 0 saturated heterocycles. The molecule has 5 rings (SSSR count). The van der Waals surface area contributed by atoms with E-state index in [-0.39, 0.29) is 5.56 Å². The molecular formula is C38H46N2O2. The van der Waals surface area contributed by atoms with Gasteiger partial charge in [-0.15, -0.1) is 0 Å². The van der Waals surface area contributed by atoms with E-state index in [0.29, 0.717) is 6.04 Å². The summed E-state index contributed by atoms with van der Waals surface area (Å²) in [7, 11) is 0. The Kier molecular flexibility index (Phi) is 13.0. The van der Waals surface area contributed by atoms with E-state index in [9.17, 15) is 9.90 Å². The first kappa shape index (κ1) is 32.3. The van der Waals surface area contributed by atoms with Gasteiger partial charge in [0.15, 0.2) is 0 Å². The minimum atomic E-state index is -0.920. The predicted octanol–water partition coefficient (Wildman–Crippen LogP) is 10.2. The van der Waals surface area contributed by atoms with Gasteiger partial charge in [-0.1, -0.05) is 120 Å². The smallest absolute Gasteiger partial charge is 0.335 e. The molecule has 0 spiro atoms. The molecule has 42 heavy (non-hydrogen) atoms. The van der Waals surface area contributed by atoms with Crippen molar-refractivity contribution in [2.45, 2.75) is 79.2 Å². The Bertz CT molecular complexity index is 1470. The van der Waals surface area contributed by atoms with Gasteiger partial charge in [-0.2, -0.15) is 0 Å². The molecule has 0 saturated carbocycles. The van der Waals surface area contributed by atoms with Crippen LogP contribution in [0.1, 0.15) is 87.0 Å². The van der Waals surface area contributed by atoms with E-state index in [1.807, 2.05) is 18.2 Å². The van der Waals surface area contributed by atoms with Crippen LogP contribution in [0.15, 0.2) is 103 Å². The molecule has 0 aliphatic rings. The van der Waals surface area contributed by atoms with E-state index in [4.69, 9.17) is 4.98 Å². The minimum absolute atomic E-state index is 0.277. The zero-order valence-electron chi connectivity index (χ0n) is 25.9.